The highest BCUT2D eigenvalue weighted by molar-refractivity contribution is 5.22. The molecule has 11 heteroatoms. The van der Waals surface area contributed by atoms with E-state index < -0.39 is 72.4 Å². The summed E-state index contributed by atoms with van der Waals surface area (Å²) in [6.07, 6.45) is -5.39. The number of aliphatic hydroxyl groups excluding tert-OH is 7. The van der Waals surface area contributed by atoms with Crippen molar-refractivity contribution in [2.24, 2.45) is 46.3 Å². The van der Waals surface area contributed by atoms with Crippen molar-refractivity contribution in [2.45, 2.75) is 146 Å². The van der Waals surface area contributed by atoms with Crippen LogP contribution in [0.4, 0.5) is 0 Å². The number of hydrogen-bond acceptors (Lipinski definition) is 11. The fourth-order valence-corrected chi connectivity index (χ4v) is 12.0. The van der Waals surface area contributed by atoms with Crippen LogP contribution in [0, 0.1) is 46.3 Å². The third-order valence-corrected chi connectivity index (χ3v) is 14.4. The van der Waals surface area contributed by atoms with Gasteiger partial charge in [-0.25, -0.2) is 0 Å². The van der Waals surface area contributed by atoms with Crippen LogP contribution in [0.15, 0.2) is 0 Å². The molecule has 0 aromatic rings. The summed E-state index contributed by atoms with van der Waals surface area (Å²) < 4.78 is 25.6. The van der Waals surface area contributed by atoms with Crippen molar-refractivity contribution < 1.29 is 54.7 Å². The smallest absolute Gasteiger partial charge is 0.187 e. The Balaban J connectivity index is 1.19. The van der Waals surface area contributed by atoms with Crippen molar-refractivity contribution in [2.75, 3.05) is 13.2 Å². The first-order valence-corrected chi connectivity index (χ1v) is 17.1. The predicted octanol–water partition coefficient (Wildman–Crippen LogP) is 0.675. The molecule has 0 radical (unpaired) electrons. The average Bonchev–Trinajstić information content (AvgIpc) is 3.44. The summed E-state index contributed by atoms with van der Waals surface area (Å²) in [5.41, 5.74) is -2.47. The summed E-state index contributed by atoms with van der Waals surface area (Å²) in [5, 5.41) is 76.0. The van der Waals surface area contributed by atoms with E-state index in [1.54, 1.807) is 0 Å². The van der Waals surface area contributed by atoms with Crippen LogP contribution >= 0.6 is 0 Å². The van der Waals surface area contributed by atoms with Gasteiger partial charge in [-0.2, -0.15) is 0 Å². The van der Waals surface area contributed by atoms with Gasteiger partial charge in [-0.1, -0.05) is 27.7 Å². The first-order chi connectivity index (χ1) is 20.7. The van der Waals surface area contributed by atoms with Crippen molar-refractivity contribution >= 4 is 0 Å². The maximum absolute atomic E-state index is 11.8. The molecule has 3 heterocycles. The highest BCUT2D eigenvalue weighted by Crippen LogP contribution is 2.72. The second-order valence-corrected chi connectivity index (χ2v) is 16.2. The number of aliphatic hydroxyl groups is 7. The summed E-state index contributed by atoms with van der Waals surface area (Å²) in [4.78, 5) is 0. The van der Waals surface area contributed by atoms with Crippen LogP contribution in [0.25, 0.3) is 0 Å². The fourth-order valence-electron chi connectivity index (χ4n) is 12.0. The van der Waals surface area contributed by atoms with Crippen LogP contribution in [0.3, 0.4) is 0 Å². The summed E-state index contributed by atoms with van der Waals surface area (Å²) in [5.74, 6) is 1.21. The van der Waals surface area contributed by atoms with E-state index in [2.05, 4.69) is 20.8 Å². The van der Waals surface area contributed by atoms with Gasteiger partial charge in [0.2, 0.25) is 0 Å². The molecule has 0 bridgehead atoms. The molecule has 7 rings (SSSR count). The maximum atomic E-state index is 11.8. The maximum Gasteiger partial charge on any atom is 0.187 e. The highest BCUT2D eigenvalue weighted by atomic mass is 16.7. The number of ether oxygens (including phenoxy) is 4. The monoisotopic (exact) mass is 626 g/mol. The Labute approximate surface area is 259 Å². The third-order valence-electron chi connectivity index (χ3n) is 14.4. The van der Waals surface area contributed by atoms with Crippen molar-refractivity contribution in [1.29, 1.82) is 0 Å². The largest absolute Gasteiger partial charge is 0.394 e. The zero-order chi connectivity index (χ0) is 31.6. The second-order valence-electron chi connectivity index (χ2n) is 16.2. The summed E-state index contributed by atoms with van der Waals surface area (Å²) in [6, 6.07) is 0. The molecule has 0 aromatic heterocycles. The number of fused-ring (bicyclic) bond motifs is 7. The van der Waals surface area contributed by atoms with Crippen LogP contribution in [0.5, 0.6) is 0 Å². The van der Waals surface area contributed by atoms with Gasteiger partial charge in [0.15, 0.2) is 12.1 Å². The summed E-state index contributed by atoms with van der Waals surface area (Å²) >= 11 is 0. The molecule has 3 saturated heterocycles. The Kier molecular flexibility index (Phi) is 7.87. The Morgan fingerprint density at radius 3 is 2.27 bits per heavy atom. The highest BCUT2D eigenvalue weighted by Gasteiger charge is 2.74. The molecule has 3 aliphatic heterocycles. The van der Waals surface area contributed by atoms with Crippen molar-refractivity contribution in [1.82, 2.24) is 0 Å². The van der Waals surface area contributed by atoms with Crippen LogP contribution < -0.4 is 0 Å². The van der Waals surface area contributed by atoms with Gasteiger partial charge in [-0.05, 0) is 73.5 Å². The SMILES string of the molecule is C[C@@H]1CC[C@@]2(OC1)OC1C[C@H]3[C@@H]4CC[C@]5(O[C@@H]6O[C@H](CO)[C@@H](O)[C@H](O)[C@H]6O)[C@@H](O)[C@@H](O)C[C@@H](O)[C@]5(C)[C@H]4CC[C@]3(C)C1[C@@H]2C. The first kappa shape index (κ1) is 32.1. The lowest BCUT2D eigenvalue weighted by Crippen LogP contribution is -2.76. The first-order valence-electron chi connectivity index (χ1n) is 17.1. The molecule has 2 unspecified atom stereocenters. The van der Waals surface area contributed by atoms with E-state index in [0.717, 1.165) is 38.7 Å². The number of rotatable bonds is 3. The normalized spacial score (nSPS) is 62.1. The van der Waals surface area contributed by atoms with E-state index in [1.165, 1.54) is 0 Å². The summed E-state index contributed by atoms with van der Waals surface area (Å²) in [7, 11) is 0. The molecule has 7 aliphatic rings. The molecule has 252 valence electrons. The minimum atomic E-state index is -1.66. The average molecular weight is 627 g/mol. The molecule has 7 N–H and O–H groups in total. The third kappa shape index (κ3) is 4.14. The van der Waals surface area contributed by atoms with Crippen LogP contribution in [-0.2, 0) is 18.9 Å². The van der Waals surface area contributed by atoms with Crippen molar-refractivity contribution in [3.8, 4) is 0 Å². The molecule has 1 spiro atoms. The van der Waals surface area contributed by atoms with Crippen LogP contribution in [0.2, 0.25) is 0 Å². The van der Waals surface area contributed by atoms with Gasteiger partial charge in [-0.3, -0.25) is 0 Å². The molecule has 7 fully saturated rings. The van der Waals surface area contributed by atoms with Gasteiger partial charge in [0.05, 0.1) is 31.5 Å². The molecule has 0 aromatic carbocycles. The molecule has 11 nitrogen and oxygen atoms in total. The van der Waals surface area contributed by atoms with E-state index in [0.29, 0.717) is 30.6 Å². The fraction of sp³-hybridized carbons (Fsp3) is 1.00. The quantitative estimate of drug-likeness (QED) is 0.219. The molecule has 0 amide bonds. The van der Waals surface area contributed by atoms with Gasteiger partial charge < -0.3 is 54.7 Å². The number of hydrogen-bond donors (Lipinski definition) is 7. The van der Waals surface area contributed by atoms with Gasteiger partial charge in [0.1, 0.15) is 36.1 Å². The van der Waals surface area contributed by atoms with Gasteiger partial charge in [-0.15, -0.1) is 0 Å². The van der Waals surface area contributed by atoms with Crippen LogP contribution in [0.1, 0.15) is 79.1 Å². The van der Waals surface area contributed by atoms with E-state index in [4.69, 9.17) is 18.9 Å². The molecule has 4 saturated carbocycles. The standard InChI is InChI=1S/C33H54O11/c1-15-5-10-33(41-14-15)16(2)24-21(43-33)11-19-17-6-9-32(44-29-27(39)26(38)25(37)22(13-34)42-29)28(40)20(35)12-23(36)31(32,4)18(17)7-8-30(19,24)3/h15-29,34-40H,5-14H2,1-4H3/t15-,16+,17-,18+,19+,20+,21?,22-,23-,24?,25-,26+,27-,28+,29+,30+,31+,32+,33-/m1/s1. The zero-order valence-electron chi connectivity index (χ0n) is 26.5. The summed E-state index contributed by atoms with van der Waals surface area (Å²) in [6.45, 7) is 9.03. The second kappa shape index (κ2) is 10.8. The van der Waals surface area contributed by atoms with E-state index in [1.807, 2.05) is 6.92 Å². The molecule has 4 aliphatic carbocycles. The van der Waals surface area contributed by atoms with E-state index in [-0.39, 0.29) is 35.7 Å². The molecule has 19 atom stereocenters. The lowest BCUT2D eigenvalue weighted by Gasteiger charge is -2.68. The molecular formula is C33H54O11. The van der Waals surface area contributed by atoms with Crippen molar-refractivity contribution in [3.63, 3.8) is 0 Å². The van der Waals surface area contributed by atoms with Crippen molar-refractivity contribution in [3.05, 3.63) is 0 Å². The van der Waals surface area contributed by atoms with Gasteiger partial charge >= 0.3 is 0 Å². The topological polar surface area (TPSA) is 179 Å². The zero-order valence-corrected chi connectivity index (χ0v) is 26.5. The minimum absolute atomic E-state index is 0.00765. The van der Waals surface area contributed by atoms with E-state index >= 15 is 0 Å². The van der Waals surface area contributed by atoms with Gasteiger partial charge in [0, 0.05) is 24.2 Å². The van der Waals surface area contributed by atoms with Crippen LogP contribution in [-0.4, -0.2) is 115 Å². The lowest BCUT2D eigenvalue weighted by molar-refractivity contribution is -0.389. The van der Waals surface area contributed by atoms with E-state index in [9.17, 15) is 35.7 Å². The minimum Gasteiger partial charge on any atom is -0.394 e. The van der Waals surface area contributed by atoms with Gasteiger partial charge in [0.25, 0.3) is 0 Å². The predicted molar refractivity (Wildman–Crippen MR) is 155 cm³/mol. The Hall–Kier alpha value is -0.440. The lowest BCUT2D eigenvalue weighted by atomic mass is 9.41. The molecular weight excluding hydrogens is 572 g/mol. The molecule has 44 heavy (non-hydrogen) atoms. The Bertz CT molecular complexity index is 1080. The Morgan fingerprint density at radius 1 is 0.841 bits per heavy atom. The Morgan fingerprint density at radius 2 is 1.59 bits per heavy atom.